The van der Waals surface area contributed by atoms with Gasteiger partial charge in [0.25, 0.3) is 0 Å². The van der Waals surface area contributed by atoms with Gasteiger partial charge in [-0.15, -0.1) is 0 Å². The zero-order valence-corrected chi connectivity index (χ0v) is 7.02. The third-order valence-corrected chi connectivity index (χ3v) is 1.36. The van der Waals surface area contributed by atoms with Crippen molar-refractivity contribution in [2.45, 2.75) is 0 Å². The number of quaternary nitrogens is 1. The molecule has 6 N–H and O–H groups in total. The van der Waals surface area contributed by atoms with E-state index in [-0.39, 0.29) is 17.3 Å². The molecule has 1 rings (SSSR count). The molecule has 0 heterocycles. The van der Waals surface area contributed by atoms with Crippen molar-refractivity contribution in [3.05, 3.63) is 35.4 Å². The van der Waals surface area contributed by atoms with Crippen molar-refractivity contribution in [1.29, 1.82) is 0 Å². The maximum Gasteiger partial charge on any atom is 0.335 e. The highest BCUT2D eigenvalue weighted by molar-refractivity contribution is 5.93. The number of benzene rings is 1. The highest BCUT2D eigenvalue weighted by Crippen LogP contribution is 2.04. The number of carboxylic acids is 2. The van der Waals surface area contributed by atoms with Crippen molar-refractivity contribution < 1.29 is 19.8 Å². The van der Waals surface area contributed by atoms with Gasteiger partial charge in [0.15, 0.2) is 0 Å². The van der Waals surface area contributed by atoms with Gasteiger partial charge in [-0.05, 0) is 18.2 Å². The van der Waals surface area contributed by atoms with Crippen LogP contribution < -0.4 is 6.15 Å². The van der Waals surface area contributed by atoms with Crippen LogP contribution in [0.4, 0.5) is 0 Å². The molecule has 0 aliphatic heterocycles. The van der Waals surface area contributed by atoms with E-state index in [1.165, 1.54) is 18.2 Å². The van der Waals surface area contributed by atoms with E-state index in [2.05, 4.69) is 0 Å². The van der Waals surface area contributed by atoms with E-state index in [0.717, 1.165) is 6.07 Å². The van der Waals surface area contributed by atoms with E-state index >= 15 is 0 Å². The van der Waals surface area contributed by atoms with Crippen LogP contribution in [0.5, 0.6) is 0 Å². The van der Waals surface area contributed by atoms with Crippen LogP contribution in [0.1, 0.15) is 20.7 Å². The lowest BCUT2D eigenvalue weighted by Gasteiger charge is -1.95. The number of carboxylic acid groups (broad SMARTS) is 2. The van der Waals surface area contributed by atoms with Gasteiger partial charge < -0.3 is 16.4 Å². The fourth-order valence-corrected chi connectivity index (χ4v) is 0.785. The van der Waals surface area contributed by atoms with E-state index in [1.54, 1.807) is 0 Å². The summed E-state index contributed by atoms with van der Waals surface area (Å²) in [6.45, 7) is 0. The molecule has 0 aromatic heterocycles. The minimum atomic E-state index is -1.13. The largest absolute Gasteiger partial charge is 0.478 e. The summed E-state index contributed by atoms with van der Waals surface area (Å²) in [7, 11) is 0. The van der Waals surface area contributed by atoms with Crippen molar-refractivity contribution in [3.63, 3.8) is 0 Å². The van der Waals surface area contributed by atoms with Gasteiger partial charge >= 0.3 is 11.9 Å². The molecule has 13 heavy (non-hydrogen) atoms. The summed E-state index contributed by atoms with van der Waals surface area (Å²) in [4.78, 5) is 20.8. The Morgan fingerprint density at radius 3 is 1.69 bits per heavy atom. The van der Waals surface area contributed by atoms with Crippen LogP contribution >= 0.6 is 0 Å². The second kappa shape index (κ2) is 4.22. The average Bonchev–Trinajstić information content (AvgIpc) is 2.04. The average molecular weight is 184 g/mol. The zero-order valence-electron chi connectivity index (χ0n) is 7.02. The Morgan fingerprint density at radius 2 is 1.38 bits per heavy atom. The molecule has 0 aliphatic rings. The van der Waals surface area contributed by atoms with Crippen molar-refractivity contribution in [2.24, 2.45) is 0 Å². The van der Waals surface area contributed by atoms with E-state index in [1.807, 2.05) is 0 Å². The van der Waals surface area contributed by atoms with Crippen LogP contribution in [0.2, 0.25) is 0 Å². The molecule has 1 aromatic carbocycles. The predicted octanol–water partition coefficient (Wildman–Crippen LogP) is 1.46. The smallest absolute Gasteiger partial charge is 0.335 e. The Hall–Kier alpha value is -1.88. The topological polar surface area (TPSA) is 111 Å². The lowest BCUT2D eigenvalue weighted by molar-refractivity contribution is 0.0696. The summed E-state index contributed by atoms with van der Waals surface area (Å²) in [5.41, 5.74) is -0.0372. The first-order chi connectivity index (χ1) is 5.61. The molecule has 0 saturated carbocycles. The second-order valence-corrected chi connectivity index (χ2v) is 2.19. The first-order valence-corrected chi connectivity index (χ1v) is 3.18. The summed E-state index contributed by atoms with van der Waals surface area (Å²) in [5, 5.41) is 17.0. The summed E-state index contributed by atoms with van der Waals surface area (Å²) < 4.78 is 0. The van der Waals surface area contributed by atoms with Crippen molar-refractivity contribution in [2.75, 3.05) is 0 Å². The predicted molar refractivity (Wildman–Crippen MR) is 46.3 cm³/mol. The van der Waals surface area contributed by atoms with Crippen molar-refractivity contribution >= 4 is 11.9 Å². The summed E-state index contributed by atoms with van der Waals surface area (Å²) in [5.74, 6) is -2.25. The van der Waals surface area contributed by atoms with Crippen LogP contribution in [0, 0.1) is 0 Å². The standard InChI is InChI=1S/C8H6O4.H3N/c9-7(10)5-2-1-3-6(4-5)8(11)12;/h1-4H,(H,9,10)(H,11,12);1H3/p+1. The molecule has 0 radical (unpaired) electrons. The fourth-order valence-electron chi connectivity index (χ4n) is 0.785. The first-order valence-electron chi connectivity index (χ1n) is 3.18. The lowest BCUT2D eigenvalue weighted by Crippen LogP contribution is -2.01. The van der Waals surface area contributed by atoms with Gasteiger partial charge in [-0.2, -0.15) is 0 Å². The molecule has 0 saturated heterocycles. The molecule has 5 nitrogen and oxygen atoms in total. The molecule has 5 heteroatoms. The Balaban J connectivity index is 0.00000144. The van der Waals surface area contributed by atoms with Gasteiger partial charge in [0.1, 0.15) is 0 Å². The highest BCUT2D eigenvalue weighted by atomic mass is 16.4. The number of carbonyl (C=O) groups is 2. The summed E-state index contributed by atoms with van der Waals surface area (Å²) in [6, 6.07) is 5.20. The molecule has 0 unspecified atom stereocenters. The monoisotopic (exact) mass is 184 g/mol. The van der Waals surface area contributed by atoms with Gasteiger partial charge in [0.2, 0.25) is 0 Å². The van der Waals surface area contributed by atoms with Crippen LogP contribution in [0.3, 0.4) is 0 Å². The quantitative estimate of drug-likeness (QED) is 0.645. The maximum absolute atomic E-state index is 10.4. The van der Waals surface area contributed by atoms with Crippen LogP contribution in [0.15, 0.2) is 24.3 Å². The van der Waals surface area contributed by atoms with Crippen LogP contribution in [-0.2, 0) is 0 Å². The minimum absolute atomic E-state index is 0. The molecule has 0 spiro atoms. The third kappa shape index (κ3) is 2.57. The van der Waals surface area contributed by atoms with Crippen LogP contribution in [0.25, 0.3) is 0 Å². The third-order valence-electron chi connectivity index (χ3n) is 1.36. The minimum Gasteiger partial charge on any atom is -0.478 e. The molecule has 0 fully saturated rings. The first kappa shape index (κ1) is 11.1. The molecule has 0 amide bonds. The Bertz CT molecular complexity index is 305. The molecule has 0 atom stereocenters. The maximum atomic E-state index is 10.4. The Morgan fingerprint density at radius 1 is 1.00 bits per heavy atom. The zero-order chi connectivity index (χ0) is 9.14. The van der Waals surface area contributed by atoms with E-state index < -0.39 is 11.9 Å². The number of hydrogen-bond donors (Lipinski definition) is 3. The van der Waals surface area contributed by atoms with Crippen LogP contribution in [-0.4, -0.2) is 22.2 Å². The van der Waals surface area contributed by atoms with Gasteiger partial charge in [0, 0.05) is 0 Å². The highest BCUT2D eigenvalue weighted by Gasteiger charge is 2.06. The van der Waals surface area contributed by atoms with E-state index in [0.29, 0.717) is 0 Å². The Kier molecular flexibility index (Phi) is 3.61. The second-order valence-electron chi connectivity index (χ2n) is 2.19. The molecule has 0 bridgehead atoms. The molecule has 70 valence electrons. The van der Waals surface area contributed by atoms with E-state index in [4.69, 9.17) is 10.2 Å². The van der Waals surface area contributed by atoms with Gasteiger partial charge in [-0.1, -0.05) is 6.07 Å². The van der Waals surface area contributed by atoms with E-state index in [9.17, 15) is 9.59 Å². The molecular weight excluding hydrogens is 174 g/mol. The van der Waals surface area contributed by atoms with Gasteiger partial charge in [0.05, 0.1) is 11.1 Å². The molecular formula is C8H10NO4+. The number of aromatic carboxylic acids is 2. The lowest BCUT2D eigenvalue weighted by atomic mass is 10.1. The van der Waals surface area contributed by atoms with Gasteiger partial charge in [-0.3, -0.25) is 0 Å². The summed E-state index contributed by atoms with van der Waals surface area (Å²) in [6.07, 6.45) is 0. The fraction of sp³-hybridized carbons (Fsp3) is 0. The summed E-state index contributed by atoms with van der Waals surface area (Å²) >= 11 is 0. The SMILES string of the molecule is O=C(O)c1cccc(C(=O)O)c1.[NH4+]. The van der Waals surface area contributed by atoms with Crippen molar-refractivity contribution in [3.8, 4) is 0 Å². The molecule has 0 aliphatic carbocycles. The molecule has 1 aromatic rings. The van der Waals surface area contributed by atoms with Gasteiger partial charge in [-0.25, -0.2) is 9.59 Å². The number of rotatable bonds is 2. The normalized spacial score (nSPS) is 8.62. The Labute approximate surface area is 74.2 Å². The number of hydrogen-bond acceptors (Lipinski definition) is 2. The van der Waals surface area contributed by atoms with Crippen molar-refractivity contribution in [1.82, 2.24) is 6.15 Å².